The molecule has 0 bridgehead atoms. The molecule has 0 aliphatic carbocycles. The molecule has 1 fully saturated rings. The number of benzene rings is 1. The van der Waals surface area contributed by atoms with Gasteiger partial charge in [0.2, 0.25) is 0 Å². The van der Waals surface area contributed by atoms with Crippen LogP contribution in [0.1, 0.15) is 26.7 Å². The first-order valence-electron chi connectivity index (χ1n) is 6.08. The molecule has 0 spiro atoms. The van der Waals surface area contributed by atoms with Crippen molar-refractivity contribution in [2.75, 3.05) is 18.0 Å². The Hall–Kier alpha value is -1.29. The van der Waals surface area contributed by atoms with Crippen molar-refractivity contribution >= 4 is 23.0 Å². The number of anilines is 1. The zero-order chi connectivity index (χ0) is 13.3. The first kappa shape index (κ1) is 13.1. The maximum atomic E-state index is 11.1. The molecule has 0 amide bonds. The first-order chi connectivity index (χ1) is 8.41. The third-order valence-electron chi connectivity index (χ3n) is 3.39. The van der Waals surface area contributed by atoms with Gasteiger partial charge in [0.1, 0.15) is 10.7 Å². The standard InChI is InChI=1S/C13H17ClN2O2/c1-13(2)7-4-8-15(9-13)11-6-3-5-10(14)12(11)16(17)18/h3,5-6H,4,7-9H2,1-2H3. The lowest BCUT2D eigenvalue weighted by Gasteiger charge is -2.39. The van der Waals surface area contributed by atoms with Crippen LogP contribution in [0.5, 0.6) is 0 Å². The molecule has 0 N–H and O–H groups in total. The Balaban J connectivity index is 2.39. The summed E-state index contributed by atoms with van der Waals surface area (Å²) in [5.41, 5.74) is 0.853. The number of rotatable bonds is 2. The van der Waals surface area contributed by atoms with E-state index >= 15 is 0 Å². The number of nitro benzene ring substituents is 1. The van der Waals surface area contributed by atoms with Gasteiger partial charge in [0.25, 0.3) is 0 Å². The van der Waals surface area contributed by atoms with Gasteiger partial charge in [0, 0.05) is 13.1 Å². The molecule has 4 nitrogen and oxygen atoms in total. The summed E-state index contributed by atoms with van der Waals surface area (Å²) in [4.78, 5) is 12.8. The molecule has 98 valence electrons. The lowest BCUT2D eigenvalue weighted by molar-refractivity contribution is -0.384. The van der Waals surface area contributed by atoms with Crippen molar-refractivity contribution in [2.24, 2.45) is 5.41 Å². The van der Waals surface area contributed by atoms with Crippen molar-refractivity contribution in [1.82, 2.24) is 0 Å². The molecule has 0 atom stereocenters. The molecule has 0 radical (unpaired) electrons. The summed E-state index contributed by atoms with van der Waals surface area (Å²) in [6, 6.07) is 5.12. The summed E-state index contributed by atoms with van der Waals surface area (Å²) in [7, 11) is 0. The molecule has 2 rings (SSSR count). The van der Waals surface area contributed by atoms with E-state index in [0.717, 1.165) is 25.9 Å². The van der Waals surface area contributed by atoms with Crippen LogP contribution in [0.2, 0.25) is 5.02 Å². The normalized spacial score (nSPS) is 18.7. The van der Waals surface area contributed by atoms with Crippen LogP contribution in [0.25, 0.3) is 0 Å². The molecule has 18 heavy (non-hydrogen) atoms. The molecular formula is C13H17ClN2O2. The Labute approximate surface area is 112 Å². The number of para-hydroxylation sites is 1. The number of hydrogen-bond donors (Lipinski definition) is 0. The van der Waals surface area contributed by atoms with Crippen molar-refractivity contribution in [2.45, 2.75) is 26.7 Å². The Kier molecular flexibility index (Phi) is 3.48. The first-order valence-corrected chi connectivity index (χ1v) is 6.46. The molecule has 1 aliphatic rings. The second-order valence-corrected chi connectivity index (χ2v) is 5.96. The zero-order valence-corrected chi connectivity index (χ0v) is 11.4. The summed E-state index contributed by atoms with van der Waals surface area (Å²) in [5, 5.41) is 11.4. The number of nitrogens with zero attached hydrogens (tertiary/aromatic N) is 2. The molecule has 1 aromatic rings. The molecule has 1 aromatic carbocycles. The maximum Gasteiger partial charge on any atom is 0.310 e. The lowest BCUT2D eigenvalue weighted by atomic mass is 9.84. The maximum absolute atomic E-state index is 11.1. The molecule has 0 unspecified atom stereocenters. The van der Waals surface area contributed by atoms with Crippen LogP contribution >= 0.6 is 11.6 Å². The summed E-state index contributed by atoms with van der Waals surface area (Å²) in [6.45, 7) is 6.06. The highest BCUT2D eigenvalue weighted by Gasteiger charge is 2.30. The van der Waals surface area contributed by atoms with E-state index in [1.165, 1.54) is 0 Å². The van der Waals surface area contributed by atoms with Crippen molar-refractivity contribution in [1.29, 1.82) is 0 Å². The van der Waals surface area contributed by atoms with E-state index in [-0.39, 0.29) is 21.0 Å². The summed E-state index contributed by atoms with van der Waals surface area (Å²) in [5.74, 6) is 0. The minimum absolute atomic E-state index is 0.0249. The van der Waals surface area contributed by atoms with E-state index in [2.05, 4.69) is 18.7 Å². The van der Waals surface area contributed by atoms with Gasteiger partial charge in [-0.1, -0.05) is 31.5 Å². The summed E-state index contributed by atoms with van der Waals surface area (Å²) < 4.78 is 0. The number of piperidine rings is 1. The van der Waals surface area contributed by atoms with Crippen molar-refractivity contribution in [3.05, 3.63) is 33.3 Å². The Bertz CT molecular complexity index is 474. The van der Waals surface area contributed by atoms with Gasteiger partial charge in [0.05, 0.1) is 4.92 Å². The highest BCUT2D eigenvalue weighted by Crippen LogP contribution is 2.39. The summed E-state index contributed by atoms with van der Waals surface area (Å²) in [6.07, 6.45) is 2.20. The van der Waals surface area contributed by atoms with Gasteiger partial charge in [-0.3, -0.25) is 10.1 Å². The fraction of sp³-hybridized carbons (Fsp3) is 0.538. The van der Waals surface area contributed by atoms with E-state index in [1.807, 2.05) is 0 Å². The lowest BCUT2D eigenvalue weighted by Crippen LogP contribution is -2.40. The van der Waals surface area contributed by atoms with Crippen LogP contribution in [0, 0.1) is 15.5 Å². The minimum Gasteiger partial charge on any atom is -0.365 e. The Morgan fingerprint density at radius 1 is 1.44 bits per heavy atom. The molecule has 1 saturated heterocycles. The molecule has 0 aromatic heterocycles. The summed E-state index contributed by atoms with van der Waals surface area (Å²) >= 11 is 5.95. The van der Waals surface area contributed by atoms with Gasteiger partial charge in [-0.25, -0.2) is 0 Å². The van der Waals surface area contributed by atoms with E-state index in [1.54, 1.807) is 18.2 Å². The van der Waals surface area contributed by atoms with Crippen molar-refractivity contribution < 1.29 is 4.92 Å². The van der Waals surface area contributed by atoms with E-state index in [0.29, 0.717) is 5.69 Å². The third kappa shape index (κ3) is 2.58. The predicted molar refractivity (Wildman–Crippen MR) is 73.3 cm³/mol. The van der Waals surface area contributed by atoms with Crippen LogP contribution in [0.4, 0.5) is 11.4 Å². The van der Waals surface area contributed by atoms with Crippen LogP contribution < -0.4 is 4.90 Å². The fourth-order valence-corrected chi connectivity index (χ4v) is 2.81. The number of nitro groups is 1. The topological polar surface area (TPSA) is 46.4 Å². The van der Waals surface area contributed by atoms with Crippen molar-refractivity contribution in [3.63, 3.8) is 0 Å². The smallest absolute Gasteiger partial charge is 0.310 e. The molecule has 1 aliphatic heterocycles. The highest BCUT2D eigenvalue weighted by atomic mass is 35.5. The molecule has 1 heterocycles. The Morgan fingerprint density at radius 2 is 2.17 bits per heavy atom. The second-order valence-electron chi connectivity index (χ2n) is 5.55. The van der Waals surface area contributed by atoms with Crippen LogP contribution in [-0.4, -0.2) is 18.0 Å². The minimum atomic E-state index is -0.390. The predicted octanol–water partition coefficient (Wildman–Crippen LogP) is 3.87. The number of hydrogen-bond acceptors (Lipinski definition) is 3. The van der Waals surface area contributed by atoms with Gasteiger partial charge in [-0.05, 0) is 30.4 Å². The average Bonchev–Trinajstić information content (AvgIpc) is 2.26. The van der Waals surface area contributed by atoms with E-state index < -0.39 is 0 Å². The second kappa shape index (κ2) is 4.76. The molecule has 0 saturated carbocycles. The zero-order valence-electron chi connectivity index (χ0n) is 10.6. The van der Waals surface area contributed by atoms with E-state index in [9.17, 15) is 10.1 Å². The number of halogens is 1. The average molecular weight is 269 g/mol. The van der Waals surface area contributed by atoms with Gasteiger partial charge >= 0.3 is 5.69 Å². The van der Waals surface area contributed by atoms with Crippen LogP contribution in [-0.2, 0) is 0 Å². The van der Waals surface area contributed by atoms with Gasteiger partial charge < -0.3 is 4.90 Å². The van der Waals surface area contributed by atoms with Gasteiger partial charge in [-0.2, -0.15) is 0 Å². The Morgan fingerprint density at radius 3 is 2.78 bits per heavy atom. The quantitative estimate of drug-likeness (QED) is 0.604. The van der Waals surface area contributed by atoms with Gasteiger partial charge in [0.15, 0.2) is 0 Å². The fourth-order valence-electron chi connectivity index (χ4n) is 2.57. The van der Waals surface area contributed by atoms with Crippen molar-refractivity contribution in [3.8, 4) is 0 Å². The van der Waals surface area contributed by atoms with Gasteiger partial charge in [-0.15, -0.1) is 0 Å². The highest BCUT2D eigenvalue weighted by molar-refractivity contribution is 6.33. The monoisotopic (exact) mass is 268 g/mol. The van der Waals surface area contributed by atoms with E-state index in [4.69, 9.17) is 11.6 Å². The molecule has 5 heteroatoms. The van der Waals surface area contributed by atoms with Crippen LogP contribution in [0.15, 0.2) is 18.2 Å². The molecular weight excluding hydrogens is 252 g/mol. The largest absolute Gasteiger partial charge is 0.365 e. The SMILES string of the molecule is CC1(C)CCCN(c2cccc(Cl)c2[N+](=O)[O-])C1. The van der Waals surface area contributed by atoms with Crippen LogP contribution in [0.3, 0.4) is 0 Å². The third-order valence-corrected chi connectivity index (χ3v) is 3.69.